The third-order valence-corrected chi connectivity index (χ3v) is 10.4. The lowest BCUT2D eigenvalue weighted by Crippen LogP contribution is -2.55. The lowest BCUT2D eigenvalue weighted by molar-refractivity contribution is 0.669. The van der Waals surface area contributed by atoms with Crippen molar-refractivity contribution in [2.75, 3.05) is 0 Å². The van der Waals surface area contributed by atoms with Gasteiger partial charge in [0.25, 0.3) is 0 Å². The van der Waals surface area contributed by atoms with Gasteiger partial charge in [0.1, 0.15) is 50.4 Å². The Hall–Kier alpha value is -6.33. The average Bonchev–Trinajstić information content (AvgIpc) is 3.62. The molecule has 0 unspecified atom stereocenters. The van der Waals surface area contributed by atoms with Crippen LogP contribution < -0.4 is 27.3 Å². The normalized spacial score (nSPS) is 11.7. The standard InChI is InChI=1S/C45H22B5N3O/c46-37-36(38(47)40(49)41(50)39(37)48)45-52-43(23-10-2-1-3-11-23)51-44(53-45)32-18-8-17-31-35-25(16-9-19-34(35)54-42(31)32)24-20-21-30-28-14-5-4-12-26(28)27-13-6-7-15-29(27)33(30)22-24/h1-22H. The molecule has 0 saturated heterocycles. The fourth-order valence-electron chi connectivity index (χ4n) is 7.75. The van der Waals surface area contributed by atoms with E-state index in [1.807, 2.05) is 54.6 Å². The van der Waals surface area contributed by atoms with E-state index in [4.69, 9.17) is 58.6 Å². The van der Waals surface area contributed by atoms with Crippen molar-refractivity contribution in [3.05, 3.63) is 133 Å². The first-order valence-corrected chi connectivity index (χ1v) is 17.5. The number of para-hydroxylation sites is 1. The number of benzene rings is 8. The third kappa shape index (κ3) is 4.88. The molecule has 8 aromatic carbocycles. The second kappa shape index (κ2) is 12.4. The highest BCUT2D eigenvalue weighted by molar-refractivity contribution is 6.68. The fraction of sp³-hybridized carbons (Fsp3) is 0. The van der Waals surface area contributed by atoms with E-state index in [0.29, 0.717) is 22.8 Å². The van der Waals surface area contributed by atoms with Crippen molar-refractivity contribution in [1.29, 1.82) is 0 Å². The molecule has 0 amide bonds. The van der Waals surface area contributed by atoms with Gasteiger partial charge in [-0.1, -0.05) is 126 Å². The van der Waals surface area contributed by atoms with Crippen LogP contribution in [0.1, 0.15) is 0 Å². The minimum absolute atomic E-state index is 0.113. The van der Waals surface area contributed by atoms with Crippen molar-refractivity contribution in [2.45, 2.75) is 0 Å². The summed E-state index contributed by atoms with van der Waals surface area (Å²) in [4.78, 5) is 14.7. The van der Waals surface area contributed by atoms with E-state index >= 15 is 0 Å². The zero-order valence-corrected chi connectivity index (χ0v) is 28.8. The van der Waals surface area contributed by atoms with E-state index in [0.717, 1.165) is 33.0 Å². The largest absolute Gasteiger partial charge is 0.455 e. The number of nitrogens with zero attached hydrogens (tertiary/aromatic N) is 3. The van der Waals surface area contributed by atoms with Gasteiger partial charge in [-0.05, 0) is 61.6 Å². The molecule has 0 saturated carbocycles. The molecule has 10 radical (unpaired) electrons. The van der Waals surface area contributed by atoms with Crippen LogP contribution in [0.3, 0.4) is 0 Å². The molecule has 0 spiro atoms. The van der Waals surface area contributed by atoms with Crippen LogP contribution in [0.15, 0.2) is 138 Å². The molecule has 10 aromatic rings. The summed E-state index contributed by atoms with van der Waals surface area (Å²) < 4.78 is 6.70. The molecule has 10 rings (SSSR count). The van der Waals surface area contributed by atoms with Gasteiger partial charge in [-0.25, -0.2) is 15.0 Å². The van der Waals surface area contributed by atoms with E-state index in [-0.39, 0.29) is 38.7 Å². The molecule has 9 heteroatoms. The van der Waals surface area contributed by atoms with Gasteiger partial charge in [0.05, 0.1) is 5.56 Å². The van der Waals surface area contributed by atoms with E-state index < -0.39 is 0 Å². The summed E-state index contributed by atoms with van der Waals surface area (Å²) in [7, 11) is 31.7. The van der Waals surface area contributed by atoms with E-state index in [9.17, 15) is 0 Å². The molecule has 0 atom stereocenters. The Balaban J connectivity index is 1.21. The van der Waals surface area contributed by atoms with Gasteiger partial charge in [0.2, 0.25) is 0 Å². The molecule has 0 fully saturated rings. The van der Waals surface area contributed by atoms with E-state index in [1.165, 1.54) is 32.3 Å². The van der Waals surface area contributed by atoms with Crippen LogP contribution in [0.25, 0.3) is 99.5 Å². The minimum Gasteiger partial charge on any atom is -0.455 e. The fourth-order valence-corrected chi connectivity index (χ4v) is 7.75. The lowest BCUT2D eigenvalue weighted by Gasteiger charge is -2.20. The Morgan fingerprint density at radius 3 is 1.57 bits per heavy atom. The van der Waals surface area contributed by atoms with Crippen LogP contribution >= 0.6 is 0 Å². The summed E-state index contributed by atoms with van der Waals surface area (Å²) in [5.41, 5.74) is 5.84. The minimum atomic E-state index is 0.113. The summed E-state index contributed by atoms with van der Waals surface area (Å²) in [6.07, 6.45) is 0. The quantitative estimate of drug-likeness (QED) is 0.173. The van der Waals surface area contributed by atoms with Crippen molar-refractivity contribution in [1.82, 2.24) is 15.0 Å². The van der Waals surface area contributed by atoms with Gasteiger partial charge in [0, 0.05) is 21.9 Å². The number of hydrogen-bond donors (Lipinski definition) is 0. The molecule has 0 aliphatic carbocycles. The van der Waals surface area contributed by atoms with Crippen LogP contribution in [0.5, 0.6) is 0 Å². The molecule has 54 heavy (non-hydrogen) atoms. The van der Waals surface area contributed by atoms with Crippen LogP contribution in [-0.4, -0.2) is 54.2 Å². The van der Waals surface area contributed by atoms with Crippen molar-refractivity contribution < 1.29 is 4.42 Å². The molecular weight excluding hydrogens is 653 g/mol. The average molecular weight is 675 g/mol. The highest BCUT2D eigenvalue weighted by Gasteiger charge is 2.22. The second-order valence-corrected chi connectivity index (χ2v) is 13.4. The number of fused-ring (bicyclic) bond motifs is 9. The molecular formula is C45H22B5N3O. The van der Waals surface area contributed by atoms with Crippen molar-refractivity contribution in [3.63, 3.8) is 0 Å². The maximum absolute atomic E-state index is 6.70. The van der Waals surface area contributed by atoms with E-state index in [2.05, 4.69) is 78.9 Å². The van der Waals surface area contributed by atoms with Gasteiger partial charge in [0.15, 0.2) is 17.5 Å². The topological polar surface area (TPSA) is 51.8 Å². The van der Waals surface area contributed by atoms with Crippen LogP contribution in [0, 0.1) is 0 Å². The summed E-state index contributed by atoms with van der Waals surface area (Å²) in [5.74, 6) is 0.979. The van der Waals surface area contributed by atoms with Crippen molar-refractivity contribution >= 4 is 121 Å². The first kappa shape index (κ1) is 32.3. The molecule has 4 nitrogen and oxygen atoms in total. The molecule has 0 aliphatic heterocycles. The summed E-state index contributed by atoms with van der Waals surface area (Å²) in [5, 5.41) is 9.24. The zero-order chi connectivity index (χ0) is 36.7. The maximum atomic E-state index is 6.70. The van der Waals surface area contributed by atoms with Gasteiger partial charge in [-0.15, -0.1) is 16.4 Å². The van der Waals surface area contributed by atoms with Gasteiger partial charge < -0.3 is 4.42 Å². The van der Waals surface area contributed by atoms with Crippen LogP contribution in [0.4, 0.5) is 0 Å². The Bertz CT molecular complexity index is 3120. The molecule has 0 N–H and O–H groups in total. The smallest absolute Gasteiger partial charge is 0.167 e. The zero-order valence-electron chi connectivity index (χ0n) is 28.8. The van der Waals surface area contributed by atoms with Crippen LogP contribution in [-0.2, 0) is 0 Å². The first-order chi connectivity index (χ1) is 26.4. The molecule has 0 bridgehead atoms. The lowest BCUT2D eigenvalue weighted by atomic mass is 9.60. The van der Waals surface area contributed by atoms with Gasteiger partial charge >= 0.3 is 0 Å². The van der Waals surface area contributed by atoms with Crippen molar-refractivity contribution in [3.8, 4) is 45.3 Å². The third-order valence-electron chi connectivity index (χ3n) is 10.4. The predicted octanol–water partition coefficient (Wildman–Crippen LogP) is 5.87. The Kier molecular flexibility index (Phi) is 7.42. The number of hydrogen-bond acceptors (Lipinski definition) is 4. The molecule has 2 heterocycles. The predicted molar refractivity (Wildman–Crippen MR) is 228 cm³/mol. The summed E-state index contributed by atoms with van der Waals surface area (Å²) in [6, 6.07) is 45.7. The SMILES string of the molecule is [B]c1c([B])c([B])c(-c2nc(-c3ccccc3)nc(-c3cccc4c3oc3cccc(-c5ccc6c7ccccc7c7ccccc7c6c5)c34)n2)c([B])c1[B]. The van der Waals surface area contributed by atoms with Gasteiger partial charge in [-0.3, -0.25) is 0 Å². The Morgan fingerprint density at radius 2 is 0.889 bits per heavy atom. The monoisotopic (exact) mass is 675 g/mol. The molecule has 0 aliphatic rings. The highest BCUT2D eigenvalue weighted by atomic mass is 16.3. The molecule has 238 valence electrons. The maximum Gasteiger partial charge on any atom is 0.167 e. The number of aromatic nitrogens is 3. The van der Waals surface area contributed by atoms with Gasteiger partial charge in [-0.2, -0.15) is 0 Å². The Morgan fingerprint density at radius 1 is 0.370 bits per heavy atom. The molecule has 2 aromatic heterocycles. The Labute approximate surface area is 317 Å². The van der Waals surface area contributed by atoms with Crippen molar-refractivity contribution in [2.24, 2.45) is 0 Å². The van der Waals surface area contributed by atoms with E-state index in [1.54, 1.807) is 0 Å². The number of furan rings is 1. The number of rotatable bonds is 4. The summed E-state index contributed by atoms with van der Waals surface area (Å²) in [6.45, 7) is 0. The van der Waals surface area contributed by atoms with Crippen LogP contribution in [0.2, 0.25) is 0 Å². The first-order valence-electron chi connectivity index (χ1n) is 17.5. The second-order valence-electron chi connectivity index (χ2n) is 13.4. The summed E-state index contributed by atoms with van der Waals surface area (Å²) >= 11 is 0. The highest BCUT2D eigenvalue weighted by Crippen LogP contribution is 2.42.